The molecular formula is C99H225N19S. The first-order valence-electron chi connectivity index (χ1n) is 48.0. The normalized spacial score (nSPS) is 9.33. The van der Waals surface area contributed by atoms with Crippen LogP contribution in [-0.2, 0) is 0 Å². The van der Waals surface area contributed by atoms with Gasteiger partial charge < -0.3 is 47.2 Å². The average Bonchev–Trinajstić information content (AvgIpc) is 3.25. The van der Waals surface area contributed by atoms with Crippen LogP contribution in [-0.4, -0.2) is 134 Å². The number of thiophene rings is 1. The highest BCUT2D eigenvalue weighted by atomic mass is 32.1. The van der Waals surface area contributed by atoms with E-state index in [-0.39, 0.29) is 0 Å². The molecule has 0 bridgehead atoms. The standard InChI is InChI=1S/C5H11N.3C4H4N2.3C4H7N.C4H5N.C4H4S.C3H8N2.C3H6N2.2C3H4N2.25C2H6/c1-2-4-6-5-3-1;1-2-6-4-3-5-1;1-2-5-4-6-3-1;1-2-4-6-5-3-1;5*1-2-4-5-3-1;3*1-2-5-3-4-1;1-2-4-5-3-1;25*1-2/h6H,1-5H2;3*1-4H;2*1,3,5H,2,4H2;1-2,5H,3-4H2;1-5H;1-4H;4-5H,1-3H2;3H,1-2H2,(H,4,5);2*1-3H,(H,4,5);25*1-2H3. The molecule has 0 aromatic carbocycles. The van der Waals surface area contributed by atoms with Crippen LogP contribution in [0.2, 0.25) is 0 Å². The van der Waals surface area contributed by atoms with Gasteiger partial charge in [0.25, 0.3) is 0 Å². The maximum atomic E-state index is 3.85. The highest BCUT2D eigenvalue weighted by Gasteiger charge is 1.94. The monoisotopic (exact) mass is 1710 g/mol. The SMILES string of the molecule is C1=CCNC1.C1=CNCC1.C1=CNCC1.C1=NCCN1.C1CCNCC1.C1CNCN1.CC.CC.CC.CC.CC.CC.CC.CC.CC.CC.CC.CC.CC.CC.CC.CC.CC.CC.CC.CC.CC.CC.CC.CC.CC.c1c[nH]cn1.c1cc[nH]c1.c1ccnnc1.c1ccsc1.c1cn[nH]c1.c1cnccn1.c1cncnc1. The van der Waals surface area contributed by atoms with Crippen molar-refractivity contribution >= 4 is 17.7 Å². The van der Waals surface area contributed by atoms with Gasteiger partial charge in [-0.25, -0.2) is 15.0 Å². The summed E-state index contributed by atoms with van der Waals surface area (Å²) >= 11 is 1.71. The molecule has 2 fully saturated rings. The molecule has 0 saturated carbocycles. The number of imidazole rings is 1. The second kappa shape index (κ2) is 350. The highest BCUT2D eigenvalue weighted by Crippen LogP contribution is 1.96. The number of hydrogen-bond donors (Lipinski definition) is 10. The van der Waals surface area contributed by atoms with Crippen molar-refractivity contribution in [3.63, 3.8) is 0 Å². The third-order valence-corrected chi connectivity index (χ3v) is 8.38. The van der Waals surface area contributed by atoms with E-state index in [1.54, 1.807) is 104 Å². The second-order valence-electron chi connectivity index (χ2n) is 13.3. The van der Waals surface area contributed by atoms with Gasteiger partial charge in [-0.15, -0.1) is 0 Å². The Morgan fingerprint density at radius 1 is 0.261 bits per heavy atom. The van der Waals surface area contributed by atoms with E-state index in [2.05, 4.69) is 122 Å². The van der Waals surface area contributed by atoms with Gasteiger partial charge in [0, 0.05) is 139 Å². The summed E-state index contributed by atoms with van der Waals surface area (Å²) in [7, 11) is 0. The first kappa shape index (κ1) is 182. The van der Waals surface area contributed by atoms with Crippen LogP contribution < -0.4 is 37.2 Å². The molecular weight excluding hydrogens is 1490 g/mol. The van der Waals surface area contributed by atoms with E-state index in [0.29, 0.717) is 0 Å². The zero-order valence-electron chi connectivity index (χ0n) is 89.8. The number of H-pyrrole nitrogens is 3. The fourth-order valence-corrected chi connectivity index (χ4v) is 4.97. The van der Waals surface area contributed by atoms with E-state index in [4.69, 9.17) is 0 Å². The van der Waals surface area contributed by atoms with E-state index < -0.39 is 0 Å². The van der Waals surface area contributed by atoms with Crippen molar-refractivity contribution in [1.82, 2.24) is 92.5 Å². The Kier molecular flexibility index (Phi) is 535. The van der Waals surface area contributed by atoms with Crippen LogP contribution in [0.15, 0.2) is 200 Å². The molecule has 0 amide bonds. The van der Waals surface area contributed by atoms with Gasteiger partial charge >= 0.3 is 0 Å². The molecule has 0 spiro atoms. The molecule has 19 nitrogen and oxygen atoms in total. The Labute approximate surface area is 756 Å². The van der Waals surface area contributed by atoms with Crippen molar-refractivity contribution in [3.8, 4) is 0 Å². The first-order chi connectivity index (χ1) is 59.5. The van der Waals surface area contributed by atoms with Crippen molar-refractivity contribution in [1.29, 1.82) is 0 Å². The Hall–Kier alpha value is -7.23. The van der Waals surface area contributed by atoms with Crippen LogP contribution in [0.5, 0.6) is 0 Å². The third kappa shape index (κ3) is 343. The summed E-state index contributed by atoms with van der Waals surface area (Å²) in [5.74, 6) is 0. The van der Waals surface area contributed by atoms with Gasteiger partial charge in [-0.2, -0.15) is 26.6 Å². The molecule has 0 aliphatic carbocycles. The van der Waals surface area contributed by atoms with E-state index in [1.165, 1.54) is 51.5 Å². The molecule has 6 aliphatic heterocycles. The summed E-state index contributed by atoms with van der Waals surface area (Å²) in [6.07, 6.45) is 47.8. The molecule has 722 valence electrons. The summed E-state index contributed by atoms with van der Waals surface area (Å²) in [5, 5.41) is 39.0. The van der Waals surface area contributed by atoms with Crippen molar-refractivity contribution in [2.24, 2.45) is 4.99 Å². The zero-order chi connectivity index (χ0) is 98.8. The van der Waals surface area contributed by atoms with Crippen molar-refractivity contribution in [3.05, 3.63) is 195 Å². The zero-order valence-corrected chi connectivity index (χ0v) is 90.6. The summed E-state index contributed by atoms with van der Waals surface area (Å²) in [5.41, 5.74) is 0. The van der Waals surface area contributed by atoms with Gasteiger partial charge in [-0.3, -0.25) is 20.1 Å². The minimum atomic E-state index is 0.958. The molecule has 10 N–H and O–H groups in total. The van der Waals surface area contributed by atoms with E-state index in [1.807, 2.05) is 424 Å². The number of aromatic nitrogens is 11. The van der Waals surface area contributed by atoms with Gasteiger partial charge in [0.2, 0.25) is 0 Å². The average molecular weight is 1710 g/mol. The minimum Gasteiger partial charge on any atom is -0.391 e. The molecule has 0 atom stereocenters. The predicted octanol–water partition coefficient (Wildman–Crippen LogP) is 31.3. The lowest BCUT2D eigenvalue weighted by Gasteiger charge is -2.08. The van der Waals surface area contributed by atoms with E-state index in [0.717, 1.165) is 59.0 Å². The number of piperidine rings is 1. The number of aromatic amines is 3. The van der Waals surface area contributed by atoms with Gasteiger partial charge in [0.05, 0.1) is 19.2 Å². The topological polar surface area (TPSA) is 247 Å². The van der Waals surface area contributed by atoms with Crippen LogP contribution in [0.25, 0.3) is 0 Å². The highest BCUT2D eigenvalue weighted by molar-refractivity contribution is 7.07. The summed E-state index contributed by atoms with van der Waals surface area (Å²) in [6, 6.07) is 15.2. The van der Waals surface area contributed by atoms with Crippen LogP contribution in [0.3, 0.4) is 0 Å². The van der Waals surface area contributed by atoms with Crippen molar-refractivity contribution in [2.75, 3.05) is 72.1 Å². The Morgan fingerprint density at radius 3 is 0.739 bits per heavy atom. The van der Waals surface area contributed by atoms with Gasteiger partial charge in [0.15, 0.2) is 0 Å². The molecule has 0 radical (unpaired) electrons. The minimum absolute atomic E-state index is 0.958. The van der Waals surface area contributed by atoms with Gasteiger partial charge in [-0.05, 0) is 98.3 Å². The Bertz CT molecular complexity index is 1490. The van der Waals surface area contributed by atoms with Crippen LogP contribution in [0.4, 0.5) is 0 Å². The largest absolute Gasteiger partial charge is 0.391 e. The third-order valence-electron chi connectivity index (χ3n) is 7.75. The number of nitrogens with zero attached hydrogens (tertiary/aromatic N) is 9. The molecule has 0 unspecified atom stereocenters. The molecule has 13 rings (SSSR count). The number of hydrogen-bond acceptors (Lipinski definition) is 17. The van der Waals surface area contributed by atoms with E-state index >= 15 is 0 Å². The summed E-state index contributed by atoms with van der Waals surface area (Å²) in [4.78, 5) is 27.9. The molecule has 119 heavy (non-hydrogen) atoms. The second-order valence-corrected chi connectivity index (χ2v) is 14.1. The molecule has 2 saturated heterocycles. The smallest absolute Gasteiger partial charge is 0.115 e. The Balaban J connectivity index is -0.0000000335. The van der Waals surface area contributed by atoms with Gasteiger partial charge in [0.1, 0.15) is 6.33 Å². The molecule has 7 aromatic rings. The molecule has 7 aromatic heterocycles. The fourth-order valence-electron chi connectivity index (χ4n) is 4.51. The lowest BCUT2D eigenvalue weighted by molar-refractivity contribution is 0.520. The maximum absolute atomic E-state index is 3.85. The van der Waals surface area contributed by atoms with Crippen LogP contribution >= 0.6 is 11.3 Å². The molecule has 20 heteroatoms. The summed E-state index contributed by atoms with van der Waals surface area (Å²) < 4.78 is 0. The Morgan fingerprint density at radius 2 is 0.639 bits per heavy atom. The fraction of sp³-hybridized carbons (Fsp3) is 0.667. The van der Waals surface area contributed by atoms with E-state index in [9.17, 15) is 0 Å². The lowest BCUT2D eigenvalue weighted by Crippen LogP contribution is -2.21. The number of nitrogens with one attached hydrogen (secondary N) is 10. The molecule has 13 heterocycles. The quantitative estimate of drug-likeness (QED) is 0.0635. The van der Waals surface area contributed by atoms with Crippen molar-refractivity contribution in [2.45, 2.75) is 378 Å². The van der Waals surface area contributed by atoms with Gasteiger partial charge in [-0.1, -0.05) is 389 Å². The first-order valence-corrected chi connectivity index (χ1v) is 48.9. The number of aliphatic imine (C=N–C) groups is 1. The maximum Gasteiger partial charge on any atom is 0.115 e. The van der Waals surface area contributed by atoms with Crippen LogP contribution in [0, 0.1) is 0 Å². The lowest BCUT2D eigenvalue weighted by atomic mass is 10.2. The van der Waals surface area contributed by atoms with Crippen molar-refractivity contribution < 1.29 is 0 Å². The summed E-state index contributed by atoms with van der Waals surface area (Å²) in [6.45, 7) is 112. The molecule has 6 aliphatic rings. The predicted molar refractivity (Wildman–Crippen MR) is 567 cm³/mol. The number of rotatable bonds is 0. The van der Waals surface area contributed by atoms with Crippen LogP contribution in [0.1, 0.15) is 378 Å².